The Morgan fingerprint density at radius 3 is 2.81 bits per heavy atom. The van der Waals surface area contributed by atoms with Crippen molar-refractivity contribution in [1.29, 1.82) is 0 Å². The van der Waals surface area contributed by atoms with Crippen LogP contribution in [0.15, 0.2) is 48.7 Å². The molecule has 1 aromatic carbocycles. The minimum absolute atomic E-state index is 0.0106. The average Bonchev–Trinajstić information content (AvgIpc) is 2.39. The first-order valence-corrected chi connectivity index (χ1v) is 5.19. The van der Waals surface area contributed by atoms with Crippen molar-refractivity contribution in [2.24, 2.45) is 0 Å². The molecule has 0 bridgehead atoms. The Labute approximate surface area is 93.8 Å². The molecule has 0 amide bonds. The van der Waals surface area contributed by atoms with Crippen LogP contribution >= 0.6 is 0 Å². The highest BCUT2D eigenvalue weighted by atomic mass is 15.1. The molecule has 0 spiro atoms. The molecule has 3 rings (SSSR count). The molecule has 0 saturated carbocycles. The zero-order chi connectivity index (χ0) is 10.8. The van der Waals surface area contributed by atoms with Crippen molar-refractivity contribution in [3.05, 3.63) is 59.9 Å². The normalized spacial score (nSPS) is 17.6. The second-order valence-corrected chi connectivity index (χ2v) is 3.64. The van der Waals surface area contributed by atoms with Crippen LogP contribution in [-0.2, 0) is 0 Å². The number of fused-ring (bicyclic) bond motifs is 1. The monoisotopic (exact) mass is 208 g/mol. The van der Waals surface area contributed by atoms with E-state index >= 15 is 0 Å². The third kappa shape index (κ3) is 1.56. The van der Waals surface area contributed by atoms with Crippen LogP contribution in [0.4, 0.5) is 5.69 Å². The van der Waals surface area contributed by atoms with Crippen LogP contribution in [0, 0.1) is 0 Å². The van der Waals surface area contributed by atoms with Crippen LogP contribution in [0.1, 0.15) is 17.3 Å². The molecule has 3 nitrogen and oxygen atoms in total. The minimum Gasteiger partial charge on any atom is -0.271 e. The molecule has 1 radical (unpaired) electrons. The number of nitrogens with zero attached hydrogens (tertiary/aromatic N) is 3. The fourth-order valence-electron chi connectivity index (χ4n) is 1.77. The summed E-state index contributed by atoms with van der Waals surface area (Å²) in [4.78, 5) is 0. The number of hydrogen-bond acceptors (Lipinski definition) is 2. The second-order valence-electron chi connectivity index (χ2n) is 3.64. The standard InChI is InChI=1S/C13H10N3/c1-2-5-11-10(4-1)7-8-12(15-11)13-6-3-9-14-16-13/h1-9,12H. The van der Waals surface area contributed by atoms with Gasteiger partial charge in [0.25, 0.3) is 0 Å². The van der Waals surface area contributed by atoms with E-state index in [1.807, 2.05) is 36.4 Å². The van der Waals surface area contributed by atoms with Gasteiger partial charge < -0.3 is 0 Å². The van der Waals surface area contributed by atoms with E-state index < -0.39 is 0 Å². The Bertz CT molecular complexity index is 520. The van der Waals surface area contributed by atoms with Gasteiger partial charge in [0.15, 0.2) is 0 Å². The highest BCUT2D eigenvalue weighted by Gasteiger charge is 2.16. The highest BCUT2D eigenvalue weighted by Crippen LogP contribution is 2.28. The maximum atomic E-state index is 4.63. The van der Waals surface area contributed by atoms with E-state index in [1.54, 1.807) is 6.20 Å². The summed E-state index contributed by atoms with van der Waals surface area (Å²) in [7, 11) is 0. The lowest BCUT2D eigenvalue weighted by molar-refractivity contribution is 0.701. The molecule has 2 aromatic rings. The molecule has 1 aliphatic heterocycles. The minimum atomic E-state index is -0.0106. The molecule has 0 fully saturated rings. The number of rotatable bonds is 1. The predicted octanol–water partition coefficient (Wildman–Crippen LogP) is 2.48. The summed E-state index contributed by atoms with van der Waals surface area (Å²) >= 11 is 0. The molecule has 0 N–H and O–H groups in total. The highest BCUT2D eigenvalue weighted by molar-refractivity contribution is 5.66. The Morgan fingerprint density at radius 2 is 1.94 bits per heavy atom. The van der Waals surface area contributed by atoms with Gasteiger partial charge in [-0.2, -0.15) is 10.2 Å². The van der Waals surface area contributed by atoms with Crippen molar-refractivity contribution < 1.29 is 0 Å². The van der Waals surface area contributed by atoms with Crippen LogP contribution in [0.2, 0.25) is 0 Å². The van der Waals surface area contributed by atoms with E-state index in [1.165, 1.54) is 0 Å². The first-order valence-electron chi connectivity index (χ1n) is 5.19. The van der Waals surface area contributed by atoms with Crippen molar-refractivity contribution in [1.82, 2.24) is 15.5 Å². The molecule has 3 heteroatoms. The topological polar surface area (TPSA) is 39.9 Å². The van der Waals surface area contributed by atoms with Gasteiger partial charge in [-0.15, -0.1) is 0 Å². The van der Waals surface area contributed by atoms with Crippen molar-refractivity contribution >= 4 is 11.8 Å². The van der Waals surface area contributed by atoms with E-state index in [9.17, 15) is 0 Å². The van der Waals surface area contributed by atoms with Crippen molar-refractivity contribution in [2.75, 3.05) is 0 Å². The van der Waals surface area contributed by atoms with Crippen molar-refractivity contribution in [3.8, 4) is 0 Å². The second kappa shape index (κ2) is 3.77. The molecule has 2 heterocycles. The molecular formula is C13H10N3. The van der Waals surface area contributed by atoms with Gasteiger partial charge in [0.05, 0.1) is 11.4 Å². The Balaban J connectivity index is 1.95. The molecule has 0 saturated heterocycles. The number of benzene rings is 1. The number of para-hydroxylation sites is 1. The maximum Gasteiger partial charge on any atom is 0.113 e. The number of hydrogen-bond donors (Lipinski definition) is 0. The van der Waals surface area contributed by atoms with Gasteiger partial charge in [0.1, 0.15) is 6.04 Å². The van der Waals surface area contributed by atoms with Crippen LogP contribution in [-0.4, -0.2) is 10.2 Å². The van der Waals surface area contributed by atoms with E-state index in [-0.39, 0.29) is 6.04 Å². The summed E-state index contributed by atoms with van der Waals surface area (Å²) in [6.45, 7) is 0. The van der Waals surface area contributed by atoms with E-state index in [2.05, 4.69) is 27.7 Å². The summed E-state index contributed by atoms with van der Waals surface area (Å²) < 4.78 is 0. The van der Waals surface area contributed by atoms with Gasteiger partial charge in [-0.25, -0.2) is 0 Å². The van der Waals surface area contributed by atoms with E-state index in [0.29, 0.717) is 0 Å². The summed E-state index contributed by atoms with van der Waals surface area (Å²) in [6.07, 6.45) is 5.80. The molecule has 0 aliphatic carbocycles. The molecule has 1 aromatic heterocycles. The van der Waals surface area contributed by atoms with Gasteiger partial charge in [0.2, 0.25) is 0 Å². The third-order valence-corrected chi connectivity index (χ3v) is 2.57. The fourth-order valence-corrected chi connectivity index (χ4v) is 1.77. The lowest BCUT2D eigenvalue weighted by atomic mass is 10.0. The van der Waals surface area contributed by atoms with Crippen LogP contribution in [0.25, 0.3) is 6.08 Å². The smallest absolute Gasteiger partial charge is 0.113 e. The zero-order valence-electron chi connectivity index (χ0n) is 8.62. The largest absolute Gasteiger partial charge is 0.271 e. The lowest BCUT2D eigenvalue weighted by Gasteiger charge is -2.18. The van der Waals surface area contributed by atoms with Gasteiger partial charge in [-0.1, -0.05) is 30.4 Å². The molecule has 1 aliphatic rings. The fraction of sp³-hybridized carbons (Fsp3) is 0.0769. The van der Waals surface area contributed by atoms with Gasteiger partial charge >= 0.3 is 0 Å². The first-order chi connectivity index (χ1) is 7.93. The Kier molecular flexibility index (Phi) is 2.14. The van der Waals surface area contributed by atoms with Crippen molar-refractivity contribution in [2.45, 2.75) is 6.04 Å². The third-order valence-electron chi connectivity index (χ3n) is 2.57. The first kappa shape index (κ1) is 9.09. The molecule has 16 heavy (non-hydrogen) atoms. The summed E-state index contributed by atoms with van der Waals surface area (Å²) in [5.41, 5.74) is 3.05. The SMILES string of the molecule is C1=CC(c2cccnn2)[N]c2ccccc21. The quantitative estimate of drug-likeness (QED) is 0.722. The van der Waals surface area contributed by atoms with Crippen molar-refractivity contribution in [3.63, 3.8) is 0 Å². The molecule has 1 unspecified atom stereocenters. The predicted molar refractivity (Wildman–Crippen MR) is 62.0 cm³/mol. The van der Waals surface area contributed by atoms with Crippen LogP contribution < -0.4 is 5.32 Å². The summed E-state index contributed by atoms with van der Waals surface area (Å²) in [5, 5.41) is 12.6. The summed E-state index contributed by atoms with van der Waals surface area (Å²) in [5.74, 6) is 0. The molecule has 1 atom stereocenters. The number of aromatic nitrogens is 2. The molecule has 77 valence electrons. The Morgan fingerprint density at radius 1 is 1.00 bits per heavy atom. The Hall–Kier alpha value is -2.16. The maximum absolute atomic E-state index is 4.63. The average molecular weight is 208 g/mol. The van der Waals surface area contributed by atoms with Crippen LogP contribution in [0.3, 0.4) is 0 Å². The van der Waals surface area contributed by atoms with Gasteiger partial charge in [-0.05, 0) is 23.8 Å². The lowest BCUT2D eigenvalue weighted by Crippen LogP contribution is -2.12. The van der Waals surface area contributed by atoms with Crippen LogP contribution in [0.5, 0.6) is 0 Å². The summed E-state index contributed by atoms with van der Waals surface area (Å²) in [6, 6.07) is 11.9. The van der Waals surface area contributed by atoms with E-state index in [4.69, 9.17) is 0 Å². The van der Waals surface area contributed by atoms with Gasteiger partial charge in [0, 0.05) is 6.20 Å². The molecular weight excluding hydrogens is 198 g/mol. The van der Waals surface area contributed by atoms with E-state index in [0.717, 1.165) is 16.9 Å². The van der Waals surface area contributed by atoms with Gasteiger partial charge in [-0.3, -0.25) is 5.32 Å². The zero-order valence-corrected chi connectivity index (χ0v) is 8.62.